The molecule has 1 fully saturated rings. The van der Waals surface area contributed by atoms with Crippen molar-refractivity contribution in [1.29, 1.82) is 0 Å². The molecule has 29 heavy (non-hydrogen) atoms. The van der Waals surface area contributed by atoms with Gasteiger partial charge in [-0.2, -0.15) is 13.2 Å². The third-order valence-electron chi connectivity index (χ3n) is 5.01. The van der Waals surface area contributed by atoms with Gasteiger partial charge in [-0.3, -0.25) is 10.1 Å². The molecule has 11 heteroatoms. The first kappa shape index (κ1) is 20.8. The maximum Gasteiger partial charge on any atom is 0.416 e. The second-order valence-corrected chi connectivity index (χ2v) is 7.00. The minimum absolute atomic E-state index is 0.0505. The molecule has 2 heterocycles. The molecule has 0 unspecified atom stereocenters. The quantitative estimate of drug-likeness (QED) is 0.594. The van der Waals surface area contributed by atoms with Crippen molar-refractivity contribution in [2.24, 2.45) is 0 Å². The molecule has 1 aliphatic rings. The monoisotopic (exact) mass is 410 g/mol. The zero-order chi connectivity index (χ0) is 21.2. The SMILES string of the molecule is CN1CCC(N(C)c2ncnc(Nc3cccc(C(F)(F)F)c3)c2[N+](=O)[O-])CC1. The Morgan fingerprint density at radius 2 is 1.97 bits per heavy atom. The lowest BCUT2D eigenvalue weighted by molar-refractivity contribution is -0.383. The van der Waals surface area contributed by atoms with Crippen LogP contribution in [-0.2, 0) is 6.18 Å². The fourth-order valence-electron chi connectivity index (χ4n) is 3.35. The van der Waals surface area contributed by atoms with Crippen LogP contribution >= 0.6 is 0 Å². The van der Waals surface area contributed by atoms with E-state index in [-0.39, 0.29) is 29.1 Å². The normalized spacial score (nSPS) is 15.9. The highest BCUT2D eigenvalue weighted by Crippen LogP contribution is 2.36. The van der Waals surface area contributed by atoms with E-state index in [2.05, 4.69) is 20.2 Å². The second-order valence-electron chi connectivity index (χ2n) is 7.00. The third kappa shape index (κ3) is 4.73. The molecule has 0 aliphatic carbocycles. The Morgan fingerprint density at radius 1 is 1.28 bits per heavy atom. The summed E-state index contributed by atoms with van der Waals surface area (Å²) in [6.45, 7) is 1.73. The van der Waals surface area contributed by atoms with E-state index in [0.717, 1.165) is 38.1 Å². The largest absolute Gasteiger partial charge is 0.416 e. The summed E-state index contributed by atoms with van der Waals surface area (Å²) in [5, 5.41) is 14.4. The van der Waals surface area contributed by atoms with Gasteiger partial charge in [-0.25, -0.2) is 9.97 Å². The topological polar surface area (TPSA) is 87.4 Å². The molecule has 0 spiro atoms. The highest BCUT2D eigenvalue weighted by atomic mass is 19.4. The standard InChI is InChI=1S/C18H21F3N6O2/c1-25-8-6-14(7-9-25)26(2)17-15(27(28)29)16(22-11-23-17)24-13-5-3-4-12(10-13)18(19,20)21/h3-5,10-11,14H,6-9H2,1-2H3,(H,22,23,24). The Labute approximate surface area is 165 Å². The number of likely N-dealkylation sites (tertiary alicyclic amines) is 1. The zero-order valence-corrected chi connectivity index (χ0v) is 16.0. The molecule has 3 rings (SSSR count). The third-order valence-corrected chi connectivity index (χ3v) is 5.01. The predicted molar refractivity (Wildman–Crippen MR) is 102 cm³/mol. The molecule has 0 amide bonds. The van der Waals surface area contributed by atoms with Crippen LogP contribution in [0.25, 0.3) is 0 Å². The maximum absolute atomic E-state index is 12.9. The molecule has 1 N–H and O–H groups in total. The molecule has 0 radical (unpaired) electrons. The number of hydrogen-bond donors (Lipinski definition) is 1. The molecule has 0 bridgehead atoms. The van der Waals surface area contributed by atoms with Gasteiger partial charge in [0.05, 0.1) is 10.5 Å². The number of nitro groups is 1. The lowest BCUT2D eigenvalue weighted by Gasteiger charge is -2.35. The number of alkyl halides is 3. The molecule has 8 nitrogen and oxygen atoms in total. The Hall–Kier alpha value is -2.95. The van der Waals surface area contributed by atoms with Crippen molar-refractivity contribution in [1.82, 2.24) is 14.9 Å². The molecule has 156 valence electrons. The van der Waals surface area contributed by atoms with Crippen LogP contribution < -0.4 is 10.2 Å². The lowest BCUT2D eigenvalue weighted by atomic mass is 10.0. The van der Waals surface area contributed by atoms with Crippen molar-refractivity contribution in [3.63, 3.8) is 0 Å². The van der Waals surface area contributed by atoms with E-state index < -0.39 is 16.7 Å². The second kappa shape index (κ2) is 8.19. The van der Waals surface area contributed by atoms with Gasteiger partial charge in [0.15, 0.2) is 0 Å². The van der Waals surface area contributed by atoms with Crippen molar-refractivity contribution >= 4 is 23.0 Å². The first-order valence-electron chi connectivity index (χ1n) is 9.02. The van der Waals surface area contributed by atoms with Crippen LogP contribution in [0, 0.1) is 10.1 Å². The molecule has 1 saturated heterocycles. The number of anilines is 3. The number of nitrogens with zero attached hydrogens (tertiary/aromatic N) is 5. The molecule has 1 aromatic carbocycles. The van der Waals surface area contributed by atoms with Crippen molar-refractivity contribution < 1.29 is 18.1 Å². The highest BCUT2D eigenvalue weighted by Gasteiger charge is 2.32. The Balaban J connectivity index is 1.92. The number of nitrogens with one attached hydrogen (secondary N) is 1. The molecule has 1 aliphatic heterocycles. The van der Waals surface area contributed by atoms with Crippen molar-refractivity contribution in [2.45, 2.75) is 25.1 Å². The predicted octanol–water partition coefficient (Wildman–Crippen LogP) is 3.68. The summed E-state index contributed by atoms with van der Waals surface area (Å²) in [6, 6.07) is 4.50. The van der Waals surface area contributed by atoms with Crippen LogP contribution in [0.1, 0.15) is 18.4 Å². The summed E-state index contributed by atoms with van der Waals surface area (Å²) in [7, 11) is 3.75. The van der Waals surface area contributed by atoms with Crippen molar-refractivity contribution in [3.8, 4) is 0 Å². The summed E-state index contributed by atoms with van der Waals surface area (Å²) in [6.07, 6.45) is -1.70. The van der Waals surface area contributed by atoms with E-state index in [9.17, 15) is 23.3 Å². The molecule has 0 saturated carbocycles. The van der Waals surface area contributed by atoms with Crippen LogP contribution in [0.4, 0.5) is 36.2 Å². The summed E-state index contributed by atoms with van der Waals surface area (Å²) >= 11 is 0. The van der Waals surface area contributed by atoms with E-state index in [1.54, 1.807) is 11.9 Å². The van der Waals surface area contributed by atoms with Crippen LogP contribution in [-0.4, -0.2) is 53.0 Å². The minimum atomic E-state index is -4.52. The van der Waals surface area contributed by atoms with Gasteiger partial charge in [-0.1, -0.05) is 6.07 Å². The number of halogens is 3. The van der Waals surface area contributed by atoms with E-state index in [1.165, 1.54) is 18.5 Å². The Bertz CT molecular complexity index is 884. The van der Waals surface area contributed by atoms with E-state index in [4.69, 9.17) is 0 Å². The Morgan fingerprint density at radius 3 is 2.59 bits per heavy atom. The fraction of sp³-hybridized carbons (Fsp3) is 0.444. The smallest absolute Gasteiger partial charge is 0.351 e. The number of benzene rings is 1. The first-order chi connectivity index (χ1) is 13.7. The highest BCUT2D eigenvalue weighted by molar-refractivity contribution is 5.74. The average molecular weight is 410 g/mol. The summed E-state index contributed by atoms with van der Waals surface area (Å²) in [5.74, 6) is -0.0202. The van der Waals surface area contributed by atoms with Crippen molar-refractivity contribution in [2.75, 3.05) is 37.4 Å². The molecular formula is C18H21F3N6O2. The number of aromatic nitrogens is 2. The van der Waals surface area contributed by atoms with Gasteiger partial charge in [-0.05, 0) is 51.2 Å². The zero-order valence-electron chi connectivity index (χ0n) is 16.0. The van der Waals surface area contributed by atoms with Gasteiger partial charge < -0.3 is 15.1 Å². The number of rotatable bonds is 5. The van der Waals surface area contributed by atoms with Crippen LogP contribution in [0.3, 0.4) is 0 Å². The van der Waals surface area contributed by atoms with Crippen LogP contribution in [0.2, 0.25) is 0 Å². The van der Waals surface area contributed by atoms with E-state index in [0.29, 0.717) is 0 Å². The maximum atomic E-state index is 12.9. The summed E-state index contributed by atoms with van der Waals surface area (Å²) in [4.78, 5) is 23.1. The van der Waals surface area contributed by atoms with Gasteiger partial charge in [0.25, 0.3) is 0 Å². The first-order valence-corrected chi connectivity index (χ1v) is 9.02. The molecule has 1 aromatic heterocycles. The van der Waals surface area contributed by atoms with E-state index in [1.807, 2.05) is 7.05 Å². The fourth-order valence-corrected chi connectivity index (χ4v) is 3.35. The molecule has 2 aromatic rings. The van der Waals surface area contributed by atoms with Gasteiger partial charge in [0, 0.05) is 18.8 Å². The number of piperidine rings is 1. The van der Waals surface area contributed by atoms with Crippen LogP contribution in [0.5, 0.6) is 0 Å². The average Bonchev–Trinajstić information content (AvgIpc) is 2.67. The molecule has 0 atom stereocenters. The van der Waals surface area contributed by atoms with Crippen molar-refractivity contribution in [3.05, 3.63) is 46.3 Å². The van der Waals surface area contributed by atoms with Gasteiger partial charge in [0.2, 0.25) is 11.6 Å². The number of hydrogen-bond acceptors (Lipinski definition) is 7. The Kier molecular flexibility index (Phi) is 5.87. The van der Waals surface area contributed by atoms with Gasteiger partial charge in [0.1, 0.15) is 6.33 Å². The van der Waals surface area contributed by atoms with Gasteiger partial charge in [-0.15, -0.1) is 0 Å². The van der Waals surface area contributed by atoms with E-state index >= 15 is 0 Å². The lowest BCUT2D eigenvalue weighted by Crippen LogP contribution is -2.42. The minimum Gasteiger partial charge on any atom is -0.351 e. The summed E-state index contributed by atoms with van der Waals surface area (Å²) < 4.78 is 38.8. The van der Waals surface area contributed by atoms with Crippen LogP contribution in [0.15, 0.2) is 30.6 Å². The summed E-state index contributed by atoms with van der Waals surface area (Å²) in [5.41, 5.74) is -1.18. The van der Waals surface area contributed by atoms with Gasteiger partial charge >= 0.3 is 11.9 Å². The molecular weight excluding hydrogens is 389 g/mol.